The molecule has 20 heavy (non-hydrogen) atoms. The van der Waals surface area contributed by atoms with E-state index < -0.39 is 4.92 Å². The highest BCUT2D eigenvalue weighted by molar-refractivity contribution is 5.95. The molecule has 1 aliphatic rings. The van der Waals surface area contributed by atoms with Gasteiger partial charge in [-0.1, -0.05) is 12.8 Å². The first kappa shape index (κ1) is 14.5. The number of rotatable bonds is 3. The number of aryl methyl sites for hydroxylation is 1. The summed E-state index contributed by atoms with van der Waals surface area (Å²) in [6.07, 6.45) is 3.98. The number of nitro groups is 1. The smallest absolute Gasteiger partial charge is 0.272 e. The van der Waals surface area contributed by atoms with E-state index in [1.165, 1.54) is 12.1 Å². The van der Waals surface area contributed by atoms with E-state index in [2.05, 4.69) is 5.32 Å². The molecule has 0 unspecified atom stereocenters. The number of nitrogens with two attached hydrogens (primary N) is 1. The van der Waals surface area contributed by atoms with Crippen molar-refractivity contribution in [3.63, 3.8) is 0 Å². The van der Waals surface area contributed by atoms with Crippen LogP contribution in [0.3, 0.4) is 0 Å². The normalized spacial score (nSPS) is 22.3. The predicted octanol–water partition coefficient (Wildman–Crippen LogP) is 1.90. The quantitative estimate of drug-likeness (QED) is 0.651. The molecular formula is C14H19N3O3. The summed E-state index contributed by atoms with van der Waals surface area (Å²) in [4.78, 5) is 22.5. The first-order valence-corrected chi connectivity index (χ1v) is 6.80. The molecule has 0 aliphatic heterocycles. The fraction of sp³-hybridized carbons (Fsp3) is 0.500. The van der Waals surface area contributed by atoms with Crippen LogP contribution in [0.15, 0.2) is 18.2 Å². The molecule has 1 aromatic carbocycles. The molecule has 0 aromatic heterocycles. The van der Waals surface area contributed by atoms with Crippen LogP contribution >= 0.6 is 0 Å². The van der Waals surface area contributed by atoms with Crippen LogP contribution < -0.4 is 11.1 Å². The Labute approximate surface area is 117 Å². The van der Waals surface area contributed by atoms with Crippen molar-refractivity contribution in [2.24, 2.45) is 5.73 Å². The largest absolute Gasteiger partial charge is 0.348 e. The second-order valence-electron chi connectivity index (χ2n) is 5.29. The average molecular weight is 277 g/mol. The third-order valence-corrected chi connectivity index (χ3v) is 3.79. The summed E-state index contributed by atoms with van der Waals surface area (Å²) in [7, 11) is 0. The Bertz CT molecular complexity index is 530. The standard InChI is InChI=1S/C14H19N3O3/c1-9-8-10(6-7-13(9)17(19)20)14(18)16-12-5-3-2-4-11(12)15/h6-8,11-12H,2-5,15H2,1H3,(H,16,18)/t11-,12-/m1/s1. The second-order valence-corrected chi connectivity index (χ2v) is 5.29. The van der Waals surface area contributed by atoms with Gasteiger partial charge in [-0.25, -0.2) is 0 Å². The monoisotopic (exact) mass is 277 g/mol. The van der Waals surface area contributed by atoms with Crippen molar-refractivity contribution in [2.45, 2.75) is 44.7 Å². The molecule has 0 bridgehead atoms. The lowest BCUT2D eigenvalue weighted by Gasteiger charge is -2.29. The molecule has 2 atom stereocenters. The minimum Gasteiger partial charge on any atom is -0.348 e. The molecule has 1 aromatic rings. The number of carbonyl (C=O) groups is 1. The number of hydrogen-bond donors (Lipinski definition) is 2. The molecule has 108 valence electrons. The number of hydrogen-bond acceptors (Lipinski definition) is 4. The molecule has 2 rings (SSSR count). The SMILES string of the molecule is Cc1cc(C(=O)N[C@@H]2CCCC[C@H]2N)ccc1[N+](=O)[O-]. The van der Waals surface area contributed by atoms with E-state index in [1.54, 1.807) is 13.0 Å². The van der Waals surface area contributed by atoms with Crippen LogP contribution in [-0.4, -0.2) is 22.9 Å². The molecule has 1 amide bonds. The van der Waals surface area contributed by atoms with Gasteiger partial charge in [-0.05, 0) is 31.9 Å². The fourth-order valence-corrected chi connectivity index (χ4v) is 2.59. The highest BCUT2D eigenvalue weighted by atomic mass is 16.6. The fourth-order valence-electron chi connectivity index (χ4n) is 2.59. The van der Waals surface area contributed by atoms with E-state index in [0.717, 1.165) is 25.7 Å². The van der Waals surface area contributed by atoms with Gasteiger partial charge < -0.3 is 11.1 Å². The predicted molar refractivity (Wildman–Crippen MR) is 75.5 cm³/mol. The van der Waals surface area contributed by atoms with Crippen LogP contribution in [0.2, 0.25) is 0 Å². The highest BCUT2D eigenvalue weighted by Crippen LogP contribution is 2.20. The summed E-state index contributed by atoms with van der Waals surface area (Å²) < 4.78 is 0. The number of benzene rings is 1. The molecule has 0 heterocycles. The van der Waals surface area contributed by atoms with Crippen molar-refractivity contribution in [3.05, 3.63) is 39.4 Å². The summed E-state index contributed by atoms with van der Waals surface area (Å²) in [5, 5.41) is 13.7. The van der Waals surface area contributed by atoms with Crippen molar-refractivity contribution in [2.75, 3.05) is 0 Å². The Balaban J connectivity index is 2.09. The van der Waals surface area contributed by atoms with Gasteiger partial charge in [-0.15, -0.1) is 0 Å². The Morgan fingerprint density at radius 3 is 2.70 bits per heavy atom. The van der Waals surface area contributed by atoms with Crippen molar-refractivity contribution >= 4 is 11.6 Å². The number of nitrogens with zero attached hydrogens (tertiary/aromatic N) is 1. The summed E-state index contributed by atoms with van der Waals surface area (Å²) in [5.41, 5.74) is 6.94. The van der Waals surface area contributed by atoms with Gasteiger partial charge in [-0.3, -0.25) is 14.9 Å². The van der Waals surface area contributed by atoms with Crippen molar-refractivity contribution < 1.29 is 9.72 Å². The minimum absolute atomic E-state index is 0.00755. The Morgan fingerprint density at radius 2 is 2.10 bits per heavy atom. The van der Waals surface area contributed by atoms with Gasteiger partial charge >= 0.3 is 0 Å². The summed E-state index contributed by atoms with van der Waals surface area (Å²) in [6, 6.07) is 4.38. The zero-order valence-corrected chi connectivity index (χ0v) is 11.5. The van der Waals surface area contributed by atoms with Crippen LogP contribution in [0.25, 0.3) is 0 Å². The number of amides is 1. The lowest BCUT2D eigenvalue weighted by atomic mass is 9.91. The van der Waals surface area contributed by atoms with E-state index >= 15 is 0 Å². The maximum Gasteiger partial charge on any atom is 0.272 e. The topological polar surface area (TPSA) is 98.3 Å². The van der Waals surface area contributed by atoms with Crippen LogP contribution in [0.1, 0.15) is 41.6 Å². The summed E-state index contributed by atoms with van der Waals surface area (Å²) in [6.45, 7) is 1.63. The maximum absolute atomic E-state index is 12.2. The first-order chi connectivity index (χ1) is 9.49. The molecule has 6 heteroatoms. The van der Waals surface area contributed by atoms with Crippen LogP contribution in [0.5, 0.6) is 0 Å². The van der Waals surface area contributed by atoms with E-state index in [0.29, 0.717) is 11.1 Å². The van der Waals surface area contributed by atoms with Crippen molar-refractivity contribution in [1.82, 2.24) is 5.32 Å². The maximum atomic E-state index is 12.2. The molecule has 1 saturated carbocycles. The van der Waals surface area contributed by atoms with Gasteiger partial charge in [0.2, 0.25) is 0 Å². The van der Waals surface area contributed by atoms with E-state index in [-0.39, 0.29) is 23.7 Å². The van der Waals surface area contributed by atoms with Gasteiger partial charge in [0.25, 0.3) is 11.6 Å². The van der Waals surface area contributed by atoms with Gasteiger partial charge in [0.1, 0.15) is 0 Å². The molecule has 0 radical (unpaired) electrons. The minimum atomic E-state index is -0.450. The van der Waals surface area contributed by atoms with E-state index in [9.17, 15) is 14.9 Å². The zero-order valence-electron chi connectivity index (χ0n) is 11.5. The summed E-state index contributed by atoms with van der Waals surface area (Å²) >= 11 is 0. The molecular weight excluding hydrogens is 258 g/mol. The highest BCUT2D eigenvalue weighted by Gasteiger charge is 2.24. The van der Waals surface area contributed by atoms with E-state index in [1.807, 2.05) is 0 Å². The van der Waals surface area contributed by atoms with Crippen LogP contribution in [0, 0.1) is 17.0 Å². The number of nitrogens with one attached hydrogen (secondary N) is 1. The summed E-state index contributed by atoms with van der Waals surface area (Å²) in [5.74, 6) is -0.217. The second kappa shape index (κ2) is 6.00. The number of nitro benzene ring substituents is 1. The van der Waals surface area contributed by atoms with Crippen molar-refractivity contribution in [1.29, 1.82) is 0 Å². The third-order valence-electron chi connectivity index (χ3n) is 3.79. The molecule has 6 nitrogen and oxygen atoms in total. The number of carbonyl (C=O) groups excluding carboxylic acids is 1. The Morgan fingerprint density at radius 1 is 1.40 bits per heavy atom. The lowest BCUT2D eigenvalue weighted by Crippen LogP contribution is -2.49. The first-order valence-electron chi connectivity index (χ1n) is 6.80. The molecule has 3 N–H and O–H groups in total. The van der Waals surface area contributed by atoms with Crippen LogP contribution in [-0.2, 0) is 0 Å². The molecule has 0 spiro atoms. The van der Waals surface area contributed by atoms with Crippen LogP contribution in [0.4, 0.5) is 5.69 Å². The molecule has 1 fully saturated rings. The third kappa shape index (κ3) is 3.14. The average Bonchev–Trinajstić information content (AvgIpc) is 2.40. The lowest BCUT2D eigenvalue weighted by molar-refractivity contribution is -0.385. The van der Waals surface area contributed by atoms with Gasteiger partial charge in [-0.2, -0.15) is 0 Å². The molecule has 1 aliphatic carbocycles. The zero-order chi connectivity index (χ0) is 14.7. The van der Waals surface area contributed by atoms with Gasteiger partial charge in [0.15, 0.2) is 0 Å². The van der Waals surface area contributed by atoms with Gasteiger partial charge in [0.05, 0.1) is 4.92 Å². The van der Waals surface area contributed by atoms with E-state index in [4.69, 9.17) is 5.73 Å². The Kier molecular flexibility index (Phi) is 4.34. The van der Waals surface area contributed by atoms with Crippen molar-refractivity contribution in [3.8, 4) is 0 Å². The van der Waals surface area contributed by atoms with Gasteiger partial charge in [0, 0.05) is 29.3 Å². The Hall–Kier alpha value is -1.95. The molecule has 0 saturated heterocycles.